The number of halogens is 5. The third-order valence-electron chi connectivity index (χ3n) is 2.13. The van der Waals surface area contributed by atoms with Gasteiger partial charge in [0.05, 0.1) is 0 Å². The lowest BCUT2D eigenvalue weighted by Gasteiger charge is -2.21. The fourth-order valence-corrected chi connectivity index (χ4v) is 1.25. The number of amides is 1. The van der Waals surface area contributed by atoms with E-state index in [1.54, 1.807) is 0 Å². The number of nitrogens with one attached hydrogen (secondary N) is 1. The molecule has 1 aromatic rings. The average Bonchev–Trinajstić information content (AvgIpc) is 2.30. The van der Waals surface area contributed by atoms with E-state index < -0.39 is 18.0 Å². The predicted octanol–water partition coefficient (Wildman–Crippen LogP) is 2.42. The Morgan fingerprint density at radius 1 is 1.16 bits per heavy atom. The summed E-state index contributed by atoms with van der Waals surface area (Å²) in [6, 6.07) is 5.05. The molecule has 0 bridgehead atoms. The first-order chi connectivity index (χ1) is 8.78. The summed E-state index contributed by atoms with van der Waals surface area (Å²) < 4.78 is 65.3. The van der Waals surface area contributed by atoms with Crippen molar-refractivity contribution in [1.29, 1.82) is 0 Å². The topological polar surface area (TPSA) is 38.3 Å². The number of benzene rings is 1. The molecule has 0 fully saturated rings. The number of carbonyl (C=O) groups excluding carboxylic acids is 1. The number of ether oxygens (including phenoxy) is 1. The number of hydrogen-bond acceptors (Lipinski definition) is 2. The van der Waals surface area contributed by atoms with Gasteiger partial charge < -0.3 is 10.1 Å². The minimum Gasteiger partial charge on any atom is -0.425 e. The summed E-state index contributed by atoms with van der Waals surface area (Å²) in [5, 5.41) is 2.15. The van der Waals surface area contributed by atoms with E-state index in [0.717, 1.165) is 6.07 Å². The highest BCUT2D eigenvalue weighted by Crippen LogP contribution is 2.38. The van der Waals surface area contributed by atoms with Crippen LogP contribution >= 0.6 is 0 Å². The molecule has 8 heteroatoms. The summed E-state index contributed by atoms with van der Waals surface area (Å²) in [6.07, 6.45) is -9.67. The van der Waals surface area contributed by atoms with Crippen LogP contribution in [0.5, 0.6) is 5.75 Å². The second kappa shape index (κ2) is 5.85. The van der Waals surface area contributed by atoms with Gasteiger partial charge in [0.1, 0.15) is 5.75 Å². The predicted molar refractivity (Wildman–Crippen MR) is 55.5 cm³/mol. The van der Waals surface area contributed by atoms with Gasteiger partial charge in [-0.2, -0.15) is 22.0 Å². The van der Waals surface area contributed by atoms with E-state index in [4.69, 9.17) is 0 Å². The van der Waals surface area contributed by atoms with Crippen LogP contribution in [0.3, 0.4) is 0 Å². The molecule has 0 aliphatic carbocycles. The standard InChI is InChI=1S/C11H9F5NO2/c12-10(13,14)11(15,16)19-9-4-2-1-3-8(9)5-6-17-7-18/h1-4H,5-6H2,(H,17,18). The van der Waals surface area contributed by atoms with Gasteiger partial charge in [0.15, 0.2) is 0 Å². The Morgan fingerprint density at radius 3 is 2.37 bits per heavy atom. The van der Waals surface area contributed by atoms with Gasteiger partial charge in [-0.05, 0) is 18.1 Å². The molecule has 0 saturated heterocycles. The molecule has 1 N–H and O–H groups in total. The molecule has 0 atom stereocenters. The Balaban J connectivity index is 2.86. The van der Waals surface area contributed by atoms with E-state index in [1.165, 1.54) is 24.6 Å². The lowest BCUT2D eigenvalue weighted by molar-refractivity contribution is -0.360. The van der Waals surface area contributed by atoms with Crippen LogP contribution in [0.1, 0.15) is 5.56 Å². The van der Waals surface area contributed by atoms with E-state index in [1.807, 2.05) is 0 Å². The lowest BCUT2D eigenvalue weighted by Crippen LogP contribution is -2.42. The Kier molecular flexibility index (Phi) is 4.68. The Bertz CT molecular complexity index is 433. The van der Waals surface area contributed by atoms with E-state index in [0.29, 0.717) is 0 Å². The molecule has 19 heavy (non-hydrogen) atoms. The van der Waals surface area contributed by atoms with E-state index in [-0.39, 0.29) is 18.5 Å². The first kappa shape index (κ1) is 15.2. The summed E-state index contributed by atoms with van der Waals surface area (Å²) in [4.78, 5) is 9.90. The Hall–Kier alpha value is -1.86. The van der Waals surface area contributed by atoms with Crippen molar-refractivity contribution in [2.45, 2.75) is 18.7 Å². The van der Waals surface area contributed by atoms with Gasteiger partial charge in [0.25, 0.3) is 0 Å². The quantitative estimate of drug-likeness (QED) is 0.494. The van der Waals surface area contributed by atoms with Gasteiger partial charge in [-0.15, -0.1) is 0 Å². The molecule has 1 rings (SSSR count). The lowest BCUT2D eigenvalue weighted by atomic mass is 10.1. The summed E-state index contributed by atoms with van der Waals surface area (Å²) in [7, 11) is 0. The van der Waals surface area contributed by atoms with Crippen LogP contribution in [0, 0.1) is 0 Å². The minimum absolute atomic E-state index is 0.0410. The molecule has 0 saturated carbocycles. The first-order valence-corrected chi connectivity index (χ1v) is 5.09. The largest absolute Gasteiger partial charge is 0.499 e. The van der Waals surface area contributed by atoms with E-state index >= 15 is 0 Å². The van der Waals surface area contributed by atoms with Crippen molar-refractivity contribution in [3.63, 3.8) is 0 Å². The van der Waals surface area contributed by atoms with Crippen LogP contribution in [-0.2, 0) is 11.2 Å². The van der Waals surface area contributed by atoms with Crippen molar-refractivity contribution >= 4 is 6.41 Å². The molecule has 1 radical (unpaired) electrons. The fraction of sp³-hybridized carbons (Fsp3) is 0.364. The van der Waals surface area contributed by atoms with Crippen molar-refractivity contribution < 1.29 is 31.5 Å². The van der Waals surface area contributed by atoms with Crippen LogP contribution in [-0.4, -0.2) is 25.2 Å². The number of hydrogen-bond donors (Lipinski definition) is 1. The second-order valence-corrected chi connectivity index (χ2v) is 3.50. The first-order valence-electron chi connectivity index (χ1n) is 5.09. The third kappa shape index (κ3) is 4.08. The maximum absolute atomic E-state index is 12.8. The van der Waals surface area contributed by atoms with E-state index in [2.05, 4.69) is 10.1 Å². The molecule has 0 aromatic heterocycles. The highest BCUT2D eigenvalue weighted by Gasteiger charge is 2.61. The van der Waals surface area contributed by atoms with Gasteiger partial charge in [-0.1, -0.05) is 18.2 Å². The van der Waals surface area contributed by atoms with Gasteiger partial charge in [0.2, 0.25) is 0 Å². The molecule has 105 valence electrons. The maximum atomic E-state index is 12.8. The van der Waals surface area contributed by atoms with Gasteiger partial charge in [-0.3, -0.25) is 4.79 Å². The third-order valence-corrected chi connectivity index (χ3v) is 2.13. The molecule has 0 spiro atoms. The van der Waals surface area contributed by atoms with Gasteiger partial charge >= 0.3 is 18.7 Å². The zero-order chi connectivity index (χ0) is 14.5. The summed E-state index contributed by atoms with van der Waals surface area (Å²) in [5.74, 6) is -0.586. The minimum atomic E-state index is -5.80. The number of para-hydroxylation sites is 1. The normalized spacial score (nSPS) is 12.1. The maximum Gasteiger partial charge on any atom is 0.499 e. The van der Waals surface area contributed by atoms with Crippen LogP contribution in [0.4, 0.5) is 22.0 Å². The second-order valence-electron chi connectivity index (χ2n) is 3.50. The van der Waals surface area contributed by atoms with E-state index in [9.17, 15) is 26.7 Å². The monoisotopic (exact) mass is 282 g/mol. The molecule has 1 amide bonds. The number of alkyl halides is 5. The van der Waals surface area contributed by atoms with Crippen molar-refractivity contribution in [2.24, 2.45) is 0 Å². The average molecular weight is 282 g/mol. The SMILES string of the molecule is O=[C]NCCc1ccccc1OC(F)(F)C(F)(F)F. The summed E-state index contributed by atoms with van der Waals surface area (Å²) in [6.45, 7) is 0.0431. The van der Waals surface area contributed by atoms with Crippen molar-refractivity contribution in [3.05, 3.63) is 29.8 Å². The van der Waals surface area contributed by atoms with Crippen LogP contribution in [0.2, 0.25) is 0 Å². The molecule has 0 aliphatic heterocycles. The molecule has 1 aromatic carbocycles. The molecular formula is C11H9F5NO2. The highest BCUT2D eigenvalue weighted by atomic mass is 19.4. The zero-order valence-electron chi connectivity index (χ0n) is 9.43. The van der Waals surface area contributed by atoms with Crippen molar-refractivity contribution in [1.82, 2.24) is 5.32 Å². The smallest absolute Gasteiger partial charge is 0.425 e. The van der Waals surface area contributed by atoms with Crippen molar-refractivity contribution in [2.75, 3.05) is 6.54 Å². The summed E-state index contributed by atoms with van der Waals surface area (Å²) >= 11 is 0. The fourth-order valence-electron chi connectivity index (χ4n) is 1.25. The van der Waals surface area contributed by atoms with Crippen LogP contribution in [0.25, 0.3) is 0 Å². The van der Waals surface area contributed by atoms with Crippen LogP contribution in [0.15, 0.2) is 24.3 Å². The zero-order valence-corrected chi connectivity index (χ0v) is 9.43. The Morgan fingerprint density at radius 2 is 1.79 bits per heavy atom. The molecule has 0 aliphatic rings. The highest BCUT2D eigenvalue weighted by molar-refractivity contribution is 5.47. The molecule has 3 nitrogen and oxygen atoms in total. The van der Waals surface area contributed by atoms with Crippen molar-refractivity contribution in [3.8, 4) is 5.75 Å². The van der Waals surface area contributed by atoms with Gasteiger partial charge in [0, 0.05) is 6.54 Å². The Labute approximate surface area is 105 Å². The van der Waals surface area contributed by atoms with Crippen LogP contribution < -0.4 is 10.1 Å². The van der Waals surface area contributed by atoms with Gasteiger partial charge in [-0.25, -0.2) is 0 Å². The molecule has 0 unspecified atom stereocenters. The molecule has 0 heterocycles. The molecular weight excluding hydrogens is 273 g/mol. The number of rotatable bonds is 6. The summed E-state index contributed by atoms with van der Waals surface area (Å²) in [5.41, 5.74) is 0.120.